The van der Waals surface area contributed by atoms with Crippen molar-refractivity contribution in [3.63, 3.8) is 0 Å². The van der Waals surface area contributed by atoms with Gasteiger partial charge in [0.05, 0.1) is 24.2 Å². The van der Waals surface area contributed by atoms with Gasteiger partial charge in [0.1, 0.15) is 0 Å². The third kappa shape index (κ3) is 10.1. The topological polar surface area (TPSA) is 27.7 Å². The van der Waals surface area contributed by atoms with Gasteiger partial charge in [-0.25, -0.2) is 0 Å². The van der Waals surface area contributed by atoms with Crippen molar-refractivity contribution in [1.29, 1.82) is 0 Å². The molecule has 0 saturated heterocycles. The fourth-order valence-electron chi connectivity index (χ4n) is 4.27. The summed E-state index contributed by atoms with van der Waals surface area (Å²) in [6.45, 7) is 17.5. The highest BCUT2D eigenvalue weighted by atomic mass is 16.9. The second-order valence-electron chi connectivity index (χ2n) is 9.78. The molecule has 0 fully saturated rings. The van der Waals surface area contributed by atoms with E-state index in [0.29, 0.717) is 0 Å². The van der Waals surface area contributed by atoms with E-state index >= 15 is 0 Å². The Hall–Kier alpha value is -0.900. The first-order valence-electron chi connectivity index (χ1n) is 14.0. The summed E-state index contributed by atoms with van der Waals surface area (Å²) < 4.78 is 20.4. The van der Waals surface area contributed by atoms with Crippen LogP contribution in [0.4, 0.5) is 0 Å². The van der Waals surface area contributed by atoms with Gasteiger partial charge in [0, 0.05) is 0 Å². The van der Waals surface area contributed by atoms with Gasteiger partial charge in [-0.05, 0) is 64.0 Å². The number of rotatable bonds is 19. The zero-order chi connectivity index (χ0) is 24.7. The molecule has 0 radical (unpaired) electrons. The third-order valence-corrected chi connectivity index (χ3v) is 6.91. The van der Waals surface area contributed by atoms with Crippen molar-refractivity contribution < 1.29 is 14.2 Å². The zero-order valence-corrected chi connectivity index (χ0v) is 23.1. The van der Waals surface area contributed by atoms with E-state index in [1.165, 1.54) is 43.2 Å². The Morgan fingerprint density at radius 1 is 0.667 bits per heavy atom. The van der Waals surface area contributed by atoms with Crippen molar-refractivity contribution in [1.82, 2.24) is 0 Å². The monoisotopic (exact) mass is 462 g/mol. The molecule has 0 aliphatic rings. The molecule has 0 heterocycles. The number of aryl methyl sites for hydroxylation is 1. The van der Waals surface area contributed by atoms with E-state index in [1.54, 1.807) is 0 Å². The molecule has 0 saturated carbocycles. The normalized spacial score (nSPS) is 17.3. The molecule has 1 aromatic rings. The lowest BCUT2D eigenvalue weighted by Crippen LogP contribution is -2.50. The maximum atomic E-state index is 6.80. The molecule has 192 valence electrons. The van der Waals surface area contributed by atoms with E-state index in [2.05, 4.69) is 79.7 Å². The minimum atomic E-state index is -1.07. The van der Waals surface area contributed by atoms with Crippen LogP contribution in [-0.4, -0.2) is 24.3 Å². The molecule has 33 heavy (non-hydrogen) atoms. The number of benzene rings is 1. The summed E-state index contributed by atoms with van der Waals surface area (Å²) in [6.07, 6.45) is 12.6. The standard InChI is InChI=1S/C30H54O3/c1-9-14-15-16-17-18-23-29(28-22-20-19-21-27(28)13-5)30(31-24(6)10-2,32-25(7)11-3)33-26(8)12-4/h19-22,24-26,29H,9-18,23H2,1-8H3. The largest absolute Gasteiger partial charge is 0.324 e. The summed E-state index contributed by atoms with van der Waals surface area (Å²) in [4.78, 5) is 0. The summed E-state index contributed by atoms with van der Waals surface area (Å²) in [5.74, 6) is -1.04. The van der Waals surface area contributed by atoms with Crippen molar-refractivity contribution in [2.75, 3.05) is 0 Å². The van der Waals surface area contributed by atoms with Gasteiger partial charge in [-0.15, -0.1) is 0 Å². The molecule has 0 bridgehead atoms. The maximum absolute atomic E-state index is 6.80. The molecular weight excluding hydrogens is 408 g/mol. The Balaban J connectivity index is 3.45. The Labute approximate surface area is 206 Å². The van der Waals surface area contributed by atoms with Crippen LogP contribution in [0.2, 0.25) is 0 Å². The molecule has 0 spiro atoms. The van der Waals surface area contributed by atoms with Crippen LogP contribution in [0.15, 0.2) is 24.3 Å². The van der Waals surface area contributed by atoms with Gasteiger partial charge in [-0.3, -0.25) is 0 Å². The molecule has 0 aliphatic carbocycles. The van der Waals surface area contributed by atoms with Crippen LogP contribution in [0.3, 0.4) is 0 Å². The lowest BCUT2D eigenvalue weighted by molar-refractivity contribution is -0.424. The quantitative estimate of drug-likeness (QED) is 0.151. The molecule has 1 aromatic carbocycles. The third-order valence-electron chi connectivity index (χ3n) is 6.91. The van der Waals surface area contributed by atoms with Crippen LogP contribution in [-0.2, 0) is 20.6 Å². The lowest BCUT2D eigenvalue weighted by atomic mass is 9.86. The van der Waals surface area contributed by atoms with E-state index in [-0.39, 0.29) is 24.2 Å². The highest BCUT2D eigenvalue weighted by molar-refractivity contribution is 5.31. The van der Waals surface area contributed by atoms with E-state index in [4.69, 9.17) is 14.2 Å². The molecular formula is C30H54O3. The van der Waals surface area contributed by atoms with Gasteiger partial charge in [0.25, 0.3) is 5.97 Å². The fraction of sp³-hybridized carbons (Fsp3) is 0.800. The van der Waals surface area contributed by atoms with Gasteiger partial charge in [-0.2, -0.15) is 0 Å². The number of hydrogen-bond donors (Lipinski definition) is 0. The maximum Gasteiger partial charge on any atom is 0.290 e. The van der Waals surface area contributed by atoms with Crippen molar-refractivity contribution in [2.45, 2.75) is 156 Å². The van der Waals surface area contributed by atoms with Crippen LogP contribution < -0.4 is 0 Å². The van der Waals surface area contributed by atoms with Crippen molar-refractivity contribution >= 4 is 0 Å². The highest BCUT2D eigenvalue weighted by Gasteiger charge is 2.47. The Morgan fingerprint density at radius 3 is 1.64 bits per heavy atom. The highest BCUT2D eigenvalue weighted by Crippen LogP contribution is 2.43. The van der Waals surface area contributed by atoms with Crippen LogP contribution in [0.25, 0.3) is 0 Å². The van der Waals surface area contributed by atoms with Gasteiger partial charge < -0.3 is 14.2 Å². The molecule has 4 atom stereocenters. The summed E-state index contributed by atoms with van der Waals surface area (Å²) in [6, 6.07) is 8.83. The summed E-state index contributed by atoms with van der Waals surface area (Å²) in [5.41, 5.74) is 2.69. The van der Waals surface area contributed by atoms with E-state index in [0.717, 1.165) is 38.5 Å². The van der Waals surface area contributed by atoms with E-state index in [9.17, 15) is 0 Å². The minimum absolute atomic E-state index is 0.0387. The first kappa shape index (κ1) is 30.1. The zero-order valence-electron chi connectivity index (χ0n) is 23.1. The van der Waals surface area contributed by atoms with Crippen LogP contribution in [0.1, 0.15) is 137 Å². The lowest BCUT2D eigenvalue weighted by Gasteiger charge is -2.44. The van der Waals surface area contributed by atoms with Gasteiger partial charge >= 0.3 is 0 Å². The summed E-state index contributed by atoms with van der Waals surface area (Å²) >= 11 is 0. The Morgan fingerprint density at radius 2 is 1.15 bits per heavy atom. The van der Waals surface area contributed by atoms with Crippen LogP contribution in [0.5, 0.6) is 0 Å². The van der Waals surface area contributed by atoms with Crippen LogP contribution in [0, 0.1) is 0 Å². The van der Waals surface area contributed by atoms with Crippen molar-refractivity contribution in [2.24, 2.45) is 0 Å². The van der Waals surface area contributed by atoms with E-state index in [1.807, 2.05) is 0 Å². The number of ether oxygens (including phenoxy) is 3. The average Bonchev–Trinajstić information content (AvgIpc) is 2.83. The second kappa shape index (κ2) is 16.7. The summed E-state index contributed by atoms with van der Waals surface area (Å²) in [5, 5.41) is 0. The number of unbranched alkanes of at least 4 members (excludes halogenated alkanes) is 5. The fourth-order valence-corrected chi connectivity index (χ4v) is 4.27. The molecule has 0 amide bonds. The molecule has 0 aliphatic heterocycles. The first-order chi connectivity index (χ1) is 15.9. The molecule has 0 aromatic heterocycles. The smallest absolute Gasteiger partial charge is 0.290 e. The van der Waals surface area contributed by atoms with E-state index < -0.39 is 5.97 Å². The molecule has 1 rings (SSSR count). The number of hydrogen-bond acceptors (Lipinski definition) is 3. The predicted molar refractivity (Wildman–Crippen MR) is 142 cm³/mol. The van der Waals surface area contributed by atoms with Crippen molar-refractivity contribution in [3.8, 4) is 0 Å². The van der Waals surface area contributed by atoms with Gasteiger partial charge in [-0.1, -0.05) is 97.4 Å². The van der Waals surface area contributed by atoms with Gasteiger partial charge in [0.2, 0.25) is 0 Å². The minimum Gasteiger partial charge on any atom is -0.324 e. The second-order valence-corrected chi connectivity index (χ2v) is 9.78. The Kier molecular flexibility index (Phi) is 15.2. The predicted octanol–water partition coefficient (Wildman–Crippen LogP) is 9.18. The first-order valence-corrected chi connectivity index (χ1v) is 14.0. The molecule has 0 N–H and O–H groups in total. The SMILES string of the molecule is CCCCCCCCC(c1ccccc1CC)C(OC(C)CC)(OC(C)CC)OC(C)CC. The molecule has 3 heteroatoms. The van der Waals surface area contributed by atoms with Crippen LogP contribution >= 0.6 is 0 Å². The molecule has 3 nitrogen and oxygen atoms in total. The molecule has 4 unspecified atom stereocenters. The van der Waals surface area contributed by atoms with Crippen molar-refractivity contribution in [3.05, 3.63) is 35.4 Å². The summed E-state index contributed by atoms with van der Waals surface area (Å²) in [7, 11) is 0. The van der Waals surface area contributed by atoms with Gasteiger partial charge in [0.15, 0.2) is 0 Å². The average molecular weight is 463 g/mol. The Bertz CT molecular complexity index is 583.